The van der Waals surface area contributed by atoms with E-state index in [0.29, 0.717) is 18.0 Å². The van der Waals surface area contributed by atoms with Crippen LogP contribution in [0.2, 0.25) is 0 Å². The first-order valence-corrected chi connectivity index (χ1v) is 7.66. The van der Waals surface area contributed by atoms with E-state index in [0.717, 1.165) is 24.3 Å². The molecule has 0 aliphatic heterocycles. The van der Waals surface area contributed by atoms with Crippen LogP contribution >= 0.6 is 0 Å². The van der Waals surface area contributed by atoms with Gasteiger partial charge in [0.25, 0.3) is 0 Å². The summed E-state index contributed by atoms with van der Waals surface area (Å²) in [5.74, 6) is 0.737. The van der Waals surface area contributed by atoms with E-state index < -0.39 is 0 Å². The normalized spacial score (nSPS) is 20.8. The van der Waals surface area contributed by atoms with Crippen LogP contribution in [0.15, 0.2) is 24.3 Å². The summed E-state index contributed by atoms with van der Waals surface area (Å²) in [6.07, 6.45) is 4.82. The summed E-state index contributed by atoms with van der Waals surface area (Å²) in [6, 6.07) is 7.86. The van der Waals surface area contributed by atoms with Crippen LogP contribution in [0.4, 0.5) is 5.69 Å². The van der Waals surface area contributed by atoms with Crippen LogP contribution in [0.3, 0.4) is 0 Å². The molecule has 1 aromatic carbocycles. The minimum atomic E-state index is -0.00775. The third-order valence-electron chi connectivity index (χ3n) is 4.11. The summed E-state index contributed by atoms with van der Waals surface area (Å²) in [5, 5.41) is 6.28. The highest BCUT2D eigenvalue weighted by atomic mass is 16.5. The van der Waals surface area contributed by atoms with Gasteiger partial charge >= 0.3 is 0 Å². The third kappa shape index (κ3) is 5.05. The maximum atomic E-state index is 12.0. The molecule has 1 amide bonds. The van der Waals surface area contributed by atoms with Gasteiger partial charge in [0.15, 0.2) is 0 Å². The molecule has 0 heterocycles. The van der Waals surface area contributed by atoms with Gasteiger partial charge in [0.1, 0.15) is 5.75 Å². The first-order chi connectivity index (χ1) is 9.98. The monoisotopic (exact) mass is 290 g/mol. The van der Waals surface area contributed by atoms with Crippen molar-refractivity contribution in [1.82, 2.24) is 5.32 Å². The average Bonchev–Trinajstić information content (AvgIpc) is 2.44. The molecule has 116 valence electrons. The Balaban J connectivity index is 1.79. The van der Waals surface area contributed by atoms with Gasteiger partial charge in [0.05, 0.1) is 13.7 Å². The third-order valence-corrected chi connectivity index (χ3v) is 4.11. The van der Waals surface area contributed by atoms with E-state index in [2.05, 4.69) is 24.5 Å². The van der Waals surface area contributed by atoms with Crippen molar-refractivity contribution < 1.29 is 9.53 Å². The lowest BCUT2D eigenvalue weighted by atomic mass is 9.75. The summed E-state index contributed by atoms with van der Waals surface area (Å²) >= 11 is 0. The molecule has 0 radical (unpaired) electrons. The van der Waals surface area contributed by atoms with E-state index in [9.17, 15) is 4.79 Å². The number of anilines is 1. The molecule has 4 heteroatoms. The maximum absolute atomic E-state index is 12.0. The highest BCUT2D eigenvalue weighted by molar-refractivity contribution is 5.92. The van der Waals surface area contributed by atoms with E-state index >= 15 is 0 Å². The fourth-order valence-corrected chi connectivity index (χ4v) is 3.02. The van der Waals surface area contributed by atoms with Crippen LogP contribution in [-0.2, 0) is 4.79 Å². The van der Waals surface area contributed by atoms with Crippen molar-refractivity contribution in [2.75, 3.05) is 19.0 Å². The quantitative estimate of drug-likeness (QED) is 0.875. The number of hydrogen-bond acceptors (Lipinski definition) is 3. The molecule has 1 aromatic rings. The summed E-state index contributed by atoms with van der Waals surface area (Å²) in [4.78, 5) is 12.0. The fraction of sp³-hybridized carbons (Fsp3) is 0.588. The molecule has 1 aliphatic rings. The van der Waals surface area contributed by atoms with E-state index in [-0.39, 0.29) is 5.91 Å². The molecule has 0 aromatic heterocycles. The number of amides is 1. The SMILES string of the molecule is COc1cccc(NC(=O)CNC2CCCC(C)(C)C2)c1. The smallest absolute Gasteiger partial charge is 0.238 e. The molecule has 1 saturated carbocycles. The summed E-state index contributed by atoms with van der Waals surface area (Å²) in [6.45, 7) is 4.96. The van der Waals surface area contributed by atoms with Crippen molar-refractivity contribution in [3.8, 4) is 5.75 Å². The number of rotatable bonds is 5. The average molecular weight is 290 g/mol. The Kier molecular flexibility index (Phi) is 5.23. The van der Waals surface area contributed by atoms with Crippen LogP contribution in [0.1, 0.15) is 39.5 Å². The molecule has 1 unspecified atom stereocenters. The lowest BCUT2D eigenvalue weighted by Crippen LogP contribution is -2.41. The topological polar surface area (TPSA) is 50.4 Å². The Morgan fingerprint density at radius 3 is 2.95 bits per heavy atom. The lowest BCUT2D eigenvalue weighted by molar-refractivity contribution is -0.115. The zero-order valence-corrected chi connectivity index (χ0v) is 13.2. The Hall–Kier alpha value is -1.55. The summed E-state index contributed by atoms with van der Waals surface area (Å²) in [5.41, 5.74) is 1.16. The molecule has 4 nitrogen and oxygen atoms in total. The second kappa shape index (κ2) is 6.94. The second-order valence-electron chi connectivity index (χ2n) is 6.62. The van der Waals surface area contributed by atoms with E-state index in [1.807, 2.05) is 24.3 Å². The summed E-state index contributed by atoms with van der Waals surface area (Å²) < 4.78 is 5.15. The number of methoxy groups -OCH3 is 1. The second-order valence-corrected chi connectivity index (χ2v) is 6.62. The Bertz CT molecular complexity index is 485. The molecule has 1 aliphatic carbocycles. The standard InChI is InChI=1S/C17H26N2O2/c1-17(2)9-5-7-14(11-17)18-12-16(20)19-13-6-4-8-15(10-13)21-3/h4,6,8,10,14,18H,5,7,9,11-12H2,1-3H3,(H,19,20). The van der Waals surface area contributed by atoms with Gasteiger partial charge in [-0.25, -0.2) is 0 Å². The first kappa shape index (κ1) is 15.8. The maximum Gasteiger partial charge on any atom is 0.238 e. The number of ether oxygens (including phenoxy) is 1. The molecule has 2 N–H and O–H groups in total. The van der Waals surface area contributed by atoms with Crippen molar-refractivity contribution in [2.45, 2.75) is 45.6 Å². The molecule has 2 rings (SSSR count). The van der Waals surface area contributed by atoms with E-state index in [4.69, 9.17) is 4.74 Å². The molecule has 0 saturated heterocycles. The summed E-state index contributed by atoms with van der Waals surface area (Å²) in [7, 11) is 1.62. The van der Waals surface area contributed by atoms with Gasteiger partial charge in [-0.15, -0.1) is 0 Å². The van der Waals surface area contributed by atoms with E-state index in [1.54, 1.807) is 7.11 Å². The zero-order chi connectivity index (χ0) is 15.3. The van der Waals surface area contributed by atoms with Crippen LogP contribution in [-0.4, -0.2) is 25.6 Å². The van der Waals surface area contributed by atoms with E-state index in [1.165, 1.54) is 12.8 Å². The highest BCUT2D eigenvalue weighted by Gasteiger charge is 2.27. The highest BCUT2D eigenvalue weighted by Crippen LogP contribution is 2.34. The Morgan fingerprint density at radius 2 is 2.24 bits per heavy atom. The van der Waals surface area contributed by atoms with Crippen molar-refractivity contribution in [3.63, 3.8) is 0 Å². The predicted octanol–water partition coefficient (Wildman–Crippen LogP) is 3.19. The molecule has 0 bridgehead atoms. The number of hydrogen-bond donors (Lipinski definition) is 2. The van der Waals surface area contributed by atoms with Crippen LogP contribution < -0.4 is 15.4 Å². The zero-order valence-electron chi connectivity index (χ0n) is 13.2. The van der Waals surface area contributed by atoms with Gasteiger partial charge in [-0.1, -0.05) is 26.3 Å². The van der Waals surface area contributed by atoms with Gasteiger partial charge < -0.3 is 15.4 Å². The molecular formula is C17H26N2O2. The minimum absolute atomic E-state index is 0.00775. The van der Waals surface area contributed by atoms with Crippen LogP contribution in [0.25, 0.3) is 0 Å². The van der Waals surface area contributed by atoms with Crippen molar-refractivity contribution in [3.05, 3.63) is 24.3 Å². The van der Waals surface area contributed by atoms with Crippen molar-refractivity contribution in [2.24, 2.45) is 5.41 Å². The van der Waals surface area contributed by atoms with Gasteiger partial charge in [0.2, 0.25) is 5.91 Å². The van der Waals surface area contributed by atoms with Crippen LogP contribution in [0, 0.1) is 5.41 Å². The lowest BCUT2D eigenvalue weighted by Gasteiger charge is -2.35. The molecule has 1 fully saturated rings. The van der Waals surface area contributed by atoms with Crippen LogP contribution in [0.5, 0.6) is 5.75 Å². The van der Waals surface area contributed by atoms with Gasteiger partial charge in [-0.05, 0) is 36.8 Å². The van der Waals surface area contributed by atoms with Crippen molar-refractivity contribution in [1.29, 1.82) is 0 Å². The molecular weight excluding hydrogens is 264 g/mol. The van der Waals surface area contributed by atoms with Crippen molar-refractivity contribution >= 4 is 11.6 Å². The van der Waals surface area contributed by atoms with Gasteiger partial charge in [0, 0.05) is 17.8 Å². The molecule has 21 heavy (non-hydrogen) atoms. The molecule has 0 spiro atoms. The first-order valence-electron chi connectivity index (χ1n) is 7.66. The number of nitrogens with one attached hydrogen (secondary N) is 2. The largest absolute Gasteiger partial charge is 0.497 e. The predicted molar refractivity (Wildman–Crippen MR) is 85.7 cm³/mol. The molecule has 1 atom stereocenters. The fourth-order valence-electron chi connectivity index (χ4n) is 3.02. The number of carbonyl (C=O) groups is 1. The minimum Gasteiger partial charge on any atom is -0.497 e. The number of benzene rings is 1. The van der Waals surface area contributed by atoms with Gasteiger partial charge in [-0.3, -0.25) is 4.79 Å². The van der Waals surface area contributed by atoms with Gasteiger partial charge in [-0.2, -0.15) is 0 Å². The Morgan fingerprint density at radius 1 is 1.43 bits per heavy atom. The number of carbonyl (C=O) groups excluding carboxylic acids is 1. The Labute approximate surface area is 127 Å².